The standard InChI is InChI=1S/C15H15N3O3S/c1-3-14-16-8-9(17-14)6-12-11-7-10(22(2,20)21)4-5-13(11)18-15(12)19/h4-8H,3H2,1-2H3,(H,16,17)(H,18,19)/b12-6-. The molecule has 1 amide bonds. The quantitative estimate of drug-likeness (QED) is 0.845. The Morgan fingerprint density at radius 1 is 1.32 bits per heavy atom. The fourth-order valence-corrected chi connectivity index (χ4v) is 2.98. The number of nitrogens with zero attached hydrogens (tertiary/aromatic N) is 1. The van der Waals surface area contributed by atoms with Crippen LogP contribution in [0.4, 0.5) is 5.69 Å². The van der Waals surface area contributed by atoms with E-state index in [1.54, 1.807) is 18.3 Å². The molecule has 1 aliphatic rings. The minimum absolute atomic E-state index is 0.188. The van der Waals surface area contributed by atoms with Crippen molar-refractivity contribution in [2.45, 2.75) is 18.2 Å². The van der Waals surface area contributed by atoms with E-state index < -0.39 is 9.84 Å². The Hall–Kier alpha value is -2.41. The van der Waals surface area contributed by atoms with Gasteiger partial charge >= 0.3 is 0 Å². The number of imidazole rings is 1. The second-order valence-electron chi connectivity index (χ2n) is 5.13. The van der Waals surface area contributed by atoms with E-state index in [0.29, 0.717) is 22.5 Å². The molecular formula is C15H15N3O3S. The van der Waals surface area contributed by atoms with Gasteiger partial charge in [0.2, 0.25) is 0 Å². The summed E-state index contributed by atoms with van der Waals surface area (Å²) in [5.41, 5.74) is 2.32. The monoisotopic (exact) mass is 317 g/mol. The van der Waals surface area contributed by atoms with Crippen LogP contribution in [-0.4, -0.2) is 30.5 Å². The maximum atomic E-state index is 12.1. The van der Waals surface area contributed by atoms with Gasteiger partial charge in [-0.3, -0.25) is 4.79 Å². The van der Waals surface area contributed by atoms with Crippen LogP contribution in [0, 0.1) is 0 Å². The molecule has 22 heavy (non-hydrogen) atoms. The third-order valence-electron chi connectivity index (χ3n) is 3.49. The molecule has 2 N–H and O–H groups in total. The summed E-state index contributed by atoms with van der Waals surface area (Å²) in [5.74, 6) is 0.573. The maximum absolute atomic E-state index is 12.1. The number of aromatic amines is 1. The first-order valence-electron chi connectivity index (χ1n) is 6.80. The third-order valence-corrected chi connectivity index (χ3v) is 4.60. The van der Waals surface area contributed by atoms with Crippen LogP contribution in [0.25, 0.3) is 11.6 Å². The molecule has 0 fully saturated rings. The van der Waals surface area contributed by atoms with Crippen molar-refractivity contribution in [1.29, 1.82) is 0 Å². The Kier molecular flexibility index (Phi) is 3.37. The molecule has 0 saturated carbocycles. The van der Waals surface area contributed by atoms with Crippen LogP contribution >= 0.6 is 0 Å². The van der Waals surface area contributed by atoms with Crippen LogP contribution in [0.2, 0.25) is 0 Å². The minimum Gasteiger partial charge on any atom is -0.342 e. The zero-order valence-electron chi connectivity index (χ0n) is 12.2. The van der Waals surface area contributed by atoms with E-state index in [-0.39, 0.29) is 10.8 Å². The van der Waals surface area contributed by atoms with Crippen LogP contribution in [-0.2, 0) is 21.1 Å². The summed E-state index contributed by atoms with van der Waals surface area (Å²) < 4.78 is 23.4. The molecule has 6 nitrogen and oxygen atoms in total. The Bertz CT molecular complexity index is 895. The van der Waals surface area contributed by atoms with Gasteiger partial charge in [-0.2, -0.15) is 0 Å². The predicted molar refractivity (Wildman–Crippen MR) is 84.0 cm³/mol. The lowest BCUT2D eigenvalue weighted by Crippen LogP contribution is -2.03. The number of aryl methyl sites for hydroxylation is 1. The van der Waals surface area contributed by atoms with Crippen molar-refractivity contribution in [3.63, 3.8) is 0 Å². The summed E-state index contributed by atoms with van der Waals surface area (Å²) in [6, 6.07) is 4.61. The van der Waals surface area contributed by atoms with Gasteiger partial charge < -0.3 is 10.3 Å². The van der Waals surface area contributed by atoms with Gasteiger partial charge in [-0.1, -0.05) is 6.92 Å². The summed E-state index contributed by atoms with van der Waals surface area (Å²) in [6.07, 6.45) is 5.24. The Labute approximate surface area is 128 Å². The molecule has 0 bridgehead atoms. The number of hydrogen-bond donors (Lipinski definition) is 2. The second kappa shape index (κ2) is 5.10. The number of carbonyl (C=O) groups excluding carboxylic acids is 1. The van der Waals surface area contributed by atoms with Gasteiger partial charge in [0.25, 0.3) is 5.91 Å². The van der Waals surface area contributed by atoms with Crippen molar-refractivity contribution in [3.8, 4) is 0 Å². The van der Waals surface area contributed by atoms with Crippen molar-refractivity contribution in [2.75, 3.05) is 11.6 Å². The molecular weight excluding hydrogens is 302 g/mol. The summed E-state index contributed by atoms with van der Waals surface area (Å²) in [5, 5.41) is 2.73. The summed E-state index contributed by atoms with van der Waals surface area (Å²) in [6.45, 7) is 1.98. The van der Waals surface area contributed by atoms with E-state index in [1.165, 1.54) is 12.1 Å². The number of amides is 1. The Morgan fingerprint density at radius 2 is 2.09 bits per heavy atom. The van der Waals surface area contributed by atoms with Gasteiger partial charge in [0.05, 0.1) is 22.4 Å². The highest BCUT2D eigenvalue weighted by atomic mass is 32.2. The van der Waals surface area contributed by atoms with Crippen LogP contribution in [0.5, 0.6) is 0 Å². The molecule has 1 aliphatic heterocycles. The predicted octanol–water partition coefficient (Wildman–Crippen LogP) is 1.87. The highest BCUT2D eigenvalue weighted by molar-refractivity contribution is 7.90. The van der Waals surface area contributed by atoms with Gasteiger partial charge in [0.15, 0.2) is 9.84 Å². The van der Waals surface area contributed by atoms with Gasteiger partial charge in [-0.15, -0.1) is 0 Å². The number of aromatic nitrogens is 2. The smallest absolute Gasteiger partial charge is 0.256 e. The lowest BCUT2D eigenvalue weighted by molar-refractivity contribution is -0.110. The molecule has 0 spiro atoms. The summed E-state index contributed by atoms with van der Waals surface area (Å²) >= 11 is 0. The van der Waals surface area contributed by atoms with Crippen LogP contribution < -0.4 is 5.32 Å². The number of anilines is 1. The first-order chi connectivity index (χ1) is 10.4. The van der Waals surface area contributed by atoms with Crippen molar-refractivity contribution >= 4 is 33.1 Å². The number of H-pyrrole nitrogens is 1. The Morgan fingerprint density at radius 3 is 2.73 bits per heavy atom. The van der Waals surface area contributed by atoms with Crippen molar-refractivity contribution in [1.82, 2.24) is 9.97 Å². The first kappa shape index (κ1) is 14.5. The fourth-order valence-electron chi connectivity index (χ4n) is 2.33. The third kappa shape index (κ3) is 2.55. The van der Waals surface area contributed by atoms with E-state index in [0.717, 1.165) is 18.5 Å². The van der Waals surface area contributed by atoms with Gasteiger partial charge in [0.1, 0.15) is 5.82 Å². The molecule has 2 heterocycles. The average molecular weight is 317 g/mol. The van der Waals surface area contributed by atoms with E-state index in [9.17, 15) is 13.2 Å². The largest absolute Gasteiger partial charge is 0.342 e. The number of hydrogen-bond acceptors (Lipinski definition) is 4. The first-order valence-corrected chi connectivity index (χ1v) is 8.69. The van der Waals surface area contributed by atoms with E-state index >= 15 is 0 Å². The number of sulfone groups is 1. The van der Waals surface area contributed by atoms with Crippen LogP contribution in [0.3, 0.4) is 0 Å². The van der Waals surface area contributed by atoms with Crippen LogP contribution in [0.15, 0.2) is 29.3 Å². The molecule has 2 aromatic rings. The molecule has 7 heteroatoms. The number of benzene rings is 1. The summed E-state index contributed by atoms with van der Waals surface area (Å²) in [4.78, 5) is 19.6. The second-order valence-corrected chi connectivity index (χ2v) is 7.15. The number of carbonyl (C=O) groups is 1. The molecule has 0 atom stereocenters. The lowest BCUT2D eigenvalue weighted by atomic mass is 10.1. The molecule has 0 aliphatic carbocycles. The summed E-state index contributed by atoms with van der Waals surface area (Å²) in [7, 11) is -3.32. The zero-order valence-corrected chi connectivity index (χ0v) is 13.0. The topological polar surface area (TPSA) is 91.9 Å². The number of fused-ring (bicyclic) bond motifs is 1. The van der Waals surface area contributed by atoms with Crippen molar-refractivity contribution < 1.29 is 13.2 Å². The number of nitrogens with one attached hydrogen (secondary N) is 2. The normalized spacial score (nSPS) is 15.9. The minimum atomic E-state index is -3.32. The lowest BCUT2D eigenvalue weighted by Gasteiger charge is -2.02. The maximum Gasteiger partial charge on any atom is 0.256 e. The molecule has 0 saturated heterocycles. The highest BCUT2D eigenvalue weighted by Crippen LogP contribution is 2.34. The zero-order chi connectivity index (χ0) is 15.9. The molecule has 1 aromatic carbocycles. The van der Waals surface area contributed by atoms with E-state index in [2.05, 4.69) is 15.3 Å². The van der Waals surface area contributed by atoms with Crippen molar-refractivity contribution in [2.24, 2.45) is 0 Å². The molecule has 114 valence electrons. The Balaban J connectivity index is 2.10. The van der Waals surface area contributed by atoms with E-state index in [1.807, 2.05) is 6.92 Å². The molecule has 3 rings (SSSR count). The molecule has 0 unspecified atom stereocenters. The van der Waals surface area contributed by atoms with Crippen LogP contribution in [0.1, 0.15) is 24.0 Å². The number of rotatable bonds is 3. The van der Waals surface area contributed by atoms with Crippen molar-refractivity contribution in [3.05, 3.63) is 41.5 Å². The molecule has 1 aromatic heterocycles. The molecule has 0 radical (unpaired) electrons. The fraction of sp³-hybridized carbons (Fsp3) is 0.200. The highest BCUT2D eigenvalue weighted by Gasteiger charge is 2.25. The average Bonchev–Trinajstić information content (AvgIpc) is 3.03. The van der Waals surface area contributed by atoms with Gasteiger partial charge in [0, 0.05) is 23.9 Å². The van der Waals surface area contributed by atoms with Gasteiger partial charge in [-0.25, -0.2) is 13.4 Å². The SMILES string of the molecule is CCc1ncc(/C=C2\C(=O)Nc3ccc(S(C)(=O)=O)cc32)[nH]1. The van der Waals surface area contributed by atoms with E-state index in [4.69, 9.17) is 0 Å². The van der Waals surface area contributed by atoms with Gasteiger partial charge in [-0.05, 0) is 24.3 Å².